The average molecular weight is 154 g/mol. The van der Waals surface area contributed by atoms with Crippen LogP contribution in [0.1, 0.15) is 25.5 Å². The van der Waals surface area contributed by atoms with Crippen LogP contribution in [-0.4, -0.2) is 21.9 Å². The van der Waals surface area contributed by atoms with Gasteiger partial charge in [0.1, 0.15) is 0 Å². The molecule has 3 heteroatoms. The van der Waals surface area contributed by atoms with Crippen LogP contribution in [0.3, 0.4) is 0 Å². The molecule has 0 aliphatic rings. The summed E-state index contributed by atoms with van der Waals surface area (Å²) in [5, 5.41) is 15.7. The predicted octanol–water partition coefficient (Wildman–Crippen LogP) is 1.14. The number of hydrogen-bond acceptors (Lipinski definition) is 2. The van der Waals surface area contributed by atoms with E-state index in [0.717, 1.165) is 5.69 Å². The molecule has 1 heterocycles. The van der Waals surface area contributed by atoms with Gasteiger partial charge in [0, 0.05) is 17.8 Å². The third kappa shape index (κ3) is 1.80. The van der Waals surface area contributed by atoms with Crippen LogP contribution in [-0.2, 0) is 0 Å². The maximum absolute atomic E-state index is 9.02. The lowest BCUT2D eigenvalue weighted by atomic mass is 9.94. The highest BCUT2D eigenvalue weighted by Gasteiger charge is 2.15. The van der Waals surface area contributed by atoms with Gasteiger partial charge in [-0.25, -0.2) is 0 Å². The van der Waals surface area contributed by atoms with E-state index in [2.05, 4.69) is 24.0 Å². The van der Waals surface area contributed by atoms with Crippen molar-refractivity contribution in [1.82, 2.24) is 10.2 Å². The van der Waals surface area contributed by atoms with Gasteiger partial charge in [0.05, 0.1) is 6.61 Å². The number of hydrogen-bond donors (Lipinski definition) is 2. The molecule has 2 N–H and O–H groups in total. The van der Waals surface area contributed by atoms with E-state index in [1.807, 2.05) is 6.07 Å². The number of nitrogens with zero attached hydrogens (tertiary/aromatic N) is 1. The highest BCUT2D eigenvalue weighted by Crippen LogP contribution is 2.20. The van der Waals surface area contributed by atoms with Crippen LogP contribution in [0.4, 0.5) is 0 Å². The van der Waals surface area contributed by atoms with Gasteiger partial charge in [-0.3, -0.25) is 5.10 Å². The lowest BCUT2D eigenvalue weighted by molar-refractivity contribution is 0.234. The van der Waals surface area contributed by atoms with Crippen molar-refractivity contribution < 1.29 is 5.11 Å². The van der Waals surface area contributed by atoms with Crippen LogP contribution < -0.4 is 0 Å². The number of nitrogens with one attached hydrogen (secondary N) is 1. The molecule has 0 aliphatic carbocycles. The van der Waals surface area contributed by atoms with Crippen molar-refractivity contribution in [3.05, 3.63) is 18.0 Å². The highest BCUT2D eigenvalue weighted by atomic mass is 16.3. The Labute approximate surface area is 66.4 Å². The van der Waals surface area contributed by atoms with Gasteiger partial charge in [0.15, 0.2) is 0 Å². The average Bonchev–Trinajstić information content (AvgIpc) is 2.40. The Morgan fingerprint density at radius 3 is 2.73 bits per heavy atom. The molecule has 0 bridgehead atoms. The molecule has 0 spiro atoms. The molecule has 1 unspecified atom stereocenters. The molecule has 1 aromatic heterocycles. The number of aromatic nitrogens is 2. The Bertz CT molecular complexity index is 194. The molecule has 1 aromatic rings. The smallest absolute Gasteiger partial charge is 0.0517 e. The lowest BCUT2D eigenvalue weighted by Crippen LogP contribution is -2.11. The number of H-pyrrole nitrogens is 1. The van der Waals surface area contributed by atoms with Crippen molar-refractivity contribution in [3.8, 4) is 0 Å². The fraction of sp³-hybridized carbons (Fsp3) is 0.625. The Morgan fingerprint density at radius 1 is 1.64 bits per heavy atom. The molecule has 0 amide bonds. The van der Waals surface area contributed by atoms with Gasteiger partial charge in [-0.1, -0.05) is 13.8 Å². The largest absolute Gasteiger partial charge is 0.396 e. The van der Waals surface area contributed by atoms with Gasteiger partial charge in [0.25, 0.3) is 0 Å². The summed E-state index contributed by atoms with van der Waals surface area (Å²) in [6, 6.07) is 1.90. The van der Waals surface area contributed by atoms with Crippen LogP contribution in [0.25, 0.3) is 0 Å². The number of aromatic amines is 1. The van der Waals surface area contributed by atoms with E-state index in [9.17, 15) is 0 Å². The second-order valence-electron chi connectivity index (χ2n) is 3.05. The van der Waals surface area contributed by atoms with Crippen LogP contribution in [0.15, 0.2) is 12.3 Å². The molecule has 0 radical (unpaired) electrons. The second kappa shape index (κ2) is 3.53. The van der Waals surface area contributed by atoms with Crippen LogP contribution in [0.2, 0.25) is 0 Å². The fourth-order valence-corrected chi connectivity index (χ4v) is 1.14. The number of rotatable bonds is 3. The van der Waals surface area contributed by atoms with Crippen LogP contribution in [0.5, 0.6) is 0 Å². The molecular formula is C8H14N2O. The highest BCUT2D eigenvalue weighted by molar-refractivity contribution is 5.06. The summed E-state index contributed by atoms with van der Waals surface area (Å²) in [5.41, 5.74) is 1.02. The van der Waals surface area contributed by atoms with E-state index in [1.54, 1.807) is 6.20 Å². The number of aliphatic hydroxyl groups excluding tert-OH is 1. The molecule has 0 saturated heterocycles. The van der Waals surface area contributed by atoms with E-state index in [-0.39, 0.29) is 12.5 Å². The van der Waals surface area contributed by atoms with Crippen molar-refractivity contribution >= 4 is 0 Å². The molecule has 1 rings (SSSR count). The molecule has 0 aliphatic heterocycles. The summed E-state index contributed by atoms with van der Waals surface area (Å²) in [7, 11) is 0. The van der Waals surface area contributed by atoms with Crippen molar-refractivity contribution in [2.45, 2.75) is 19.8 Å². The predicted molar refractivity (Wildman–Crippen MR) is 43.3 cm³/mol. The first-order valence-corrected chi connectivity index (χ1v) is 3.85. The SMILES string of the molecule is CC(C)C(CO)c1ccn[nH]1. The van der Waals surface area contributed by atoms with Crippen molar-refractivity contribution in [1.29, 1.82) is 0 Å². The zero-order valence-electron chi connectivity index (χ0n) is 6.91. The van der Waals surface area contributed by atoms with Gasteiger partial charge >= 0.3 is 0 Å². The van der Waals surface area contributed by atoms with Gasteiger partial charge in [0.2, 0.25) is 0 Å². The van der Waals surface area contributed by atoms with Crippen molar-refractivity contribution in [3.63, 3.8) is 0 Å². The molecular weight excluding hydrogens is 140 g/mol. The summed E-state index contributed by atoms with van der Waals surface area (Å²) in [4.78, 5) is 0. The van der Waals surface area contributed by atoms with E-state index in [0.29, 0.717) is 5.92 Å². The minimum absolute atomic E-state index is 0.180. The summed E-state index contributed by atoms with van der Waals surface area (Å²) in [5.74, 6) is 0.637. The molecule has 1 atom stereocenters. The monoisotopic (exact) mass is 154 g/mol. The molecule has 3 nitrogen and oxygen atoms in total. The van der Waals surface area contributed by atoms with Crippen LogP contribution in [0, 0.1) is 5.92 Å². The number of aliphatic hydroxyl groups is 1. The Morgan fingerprint density at radius 2 is 2.36 bits per heavy atom. The summed E-state index contributed by atoms with van der Waals surface area (Å²) >= 11 is 0. The zero-order chi connectivity index (χ0) is 8.27. The first-order valence-electron chi connectivity index (χ1n) is 3.85. The first kappa shape index (κ1) is 8.27. The Kier molecular flexibility index (Phi) is 2.65. The Balaban J connectivity index is 2.71. The standard InChI is InChI=1S/C8H14N2O/c1-6(2)7(5-11)8-3-4-9-10-8/h3-4,6-7,11H,5H2,1-2H3,(H,9,10). The first-order chi connectivity index (χ1) is 5.25. The minimum atomic E-state index is 0.180. The Hall–Kier alpha value is -0.830. The lowest BCUT2D eigenvalue weighted by Gasteiger charge is -2.15. The molecule has 0 aromatic carbocycles. The summed E-state index contributed by atoms with van der Waals surface area (Å²) in [6.07, 6.45) is 1.71. The van der Waals surface area contributed by atoms with Gasteiger partial charge in [-0.2, -0.15) is 5.10 Å². The normalized spacial score (nSPS) is 13.8. The quantitative estimate of drug-likeness (QED) is 0.686. The fourth-order valence-electron chi connectivity index (χ4n) is 1.14. The molecule has 11 heavy (non-hydrogen) atoms. The minimum Gasteiger partial charge on any atom is -0.396 e. The van der Waals surface area contributed by atoms with Crippen molar-refractivity contribution in [2.24, 2.45) is 5.92 Å². The summed E-state index contributed by atoms with van der Waals surface area (Å²) in [6.45, 7) is 4.35. The van der Waals surface area contributed by atoms with Crippen LogP contribution >= 0.6 is 0 Å². The third-order valence-electron chi connectivity index (χ3n) is 1.92. The van der Waals surface area contributed by atoms with E-state index in [1.165, 1.54) is 0 Å². The molecule has 62 valence electrons. The maximum Gasteiger partial charge on any atom is 0.0517 e. The van der Waals surface area contributed by atoms with E-state index < -0.39 is 0 Å². The van der Waals surface area contributed by atoms with E-state index in [4.69, 9.17) is 5.11 Å². The van der Waals surface area contributed by atoms with Gasteiger partial charge in [-0.15, -0.1) is 0 Å². The zero-order valence-corrected chi connectivity index (χ0v) is 6.91. The second-order valence-corrected chi connectivity index (χ2v) is 3.05. The molecule has 0 saturated carbocycles. The van der Waals surface area contributed by atoms with Crippen molar-refractivity contribution in [2.75, 3.05) is 6.61 Å². The van der Waals surface area contributed by atoms with Gasteiger partial charge < -0.3 is 5.11 Å². The third-order valence-corrected chi connectivity index (χ3v) is 1.92. The van der Waals surface area contributed by atoms with E-state index >= 15 is 0 Å². The topological polar surface area (TPSA) is 48.9 Å². The van der Waals surface area contributed by atoms with Gasteiger partial charge in [-0.05, 0) is 12.0 Å². The molecule has 0 fully saturated rings. The maximum atomic E-state index is 9.02. The summed E-state index contributed by atoms with van der Waals surface area (Å²) < 4.78 is 0.